The molecule has 0 spiro atoms. The number of carbonyl (C=O) groups excluding carboxylic acids is 2. The average Bonchev–Trinajstić information content (AvgIpc) is 3.03. The van der Waals surface area contributed by atoms with Crippen molar-refractivity contribution in [1.29, 1.82) is 0 Å². The van der Waals surface area contributed by atoms with E-state index >= 15 is 0 Å². The zero-order valence-electron chi connectivity index (χ0n) is 16.9. The maximum atomic E-state index is 12.8. The van der Waals surface area contributed by atoms with Gasteiger partial charge >= 0.3 is 0 Å². The fraction of sp³-hybridized carbons (Fsp3) is 0.0833. The third-order valence-electron chi connectivity index (χ3n) is 4.80. The summed E-state index contributed by atoms with van der Waals surface area (Å²) in [5, 5.41) is 1.64. The SMILES string of the molecule is O=C1S/C(=C/c2ccc(OCc3ccc(Cl)cc3Cl)cc2)C(=O)N1Cc1ccc(Cl)cc1Cl. The first kappa shape index (κ1) is 24.0. The minimum atomic E-state index is -0.367. The van der Waals surface area contributed by atoms with Gasteiger partial charge in [-0.3, -0.25) is 14.5 Å². The quantitative estimate of drug-likeness (QED) is 0.297. The maximum Gasteiger partial charge on any atom is 0.293 e. The molecule has 168 valence electrons. The van der Waals surface area contributed by atoms with E-state index in [9.17, 15) is 9.59 Å². The fourth-order valence-corrected chi connectivity index (χ4v) is 4.84. The van der Waals surface area contributed by atoms with Crippen molar-refractivity contribution in [2.24, 2.45) is 0 Å². The van der Waals surface area contributed by atoms with Crippen molar-refractivity contribution in [3.8, 4) is 5.75 Å². The molecule has 0 aromatic heterocycles. The van der Waals surface area contributed by atoms with Gasteiger partial charge in [-0.1, -0.05) is 70.7 Å². The van der Waals surface area contributed by atoms with Crippen LogP contribution in [0, 0.1) is 0 Å². The number of nitrogens with zero attached hydrogens (tertiary/aromatic N) is 1. The topological polar surface area (TPSA) is 46.6 Å². The predicted octanol–water partition coefficient (Wildman–Crippen LogP) is 8.12. The minimum Gasteiger partial charge on any atom is -0.489 e. The summed E-state index contributed by atoms with van der Waals surface area (Å²) in [6.07, 6.45) is 1.67. The smallest absolute Gasteiger partial charge is 0.293 e. The lowest BCUT2D eigenvalue weighted by molar-refractivity contribution is -0.123. The van der Waals surface area contributed by atoms with E-state index in [-0.39, 0.29) is 17.7 Å². The summed E-state index contributed by atoms with van der Waals surface area (Å²) in [7, 11) is 0. The number of hydrogen-bond donors (Lipinski definition) is 0. The number of imide groups is 1. The molecule has 4 nitrogen and oxygen atoms in total. The normalized spacial score (nSPS) is 14.9. The van der Waals surface area contributed by atoms with Crippen LogP contribution >= 0.6 is 58.2 Å². The van der Waals surface area contributed by atoms with E-state index in [4.69, 9.17) is 51.1 Å². The van der Waals surface area contributed by atoms with Gasteiger partial charge in [0, 0.05) is 25.7 Å². The van der Waals surface area contributed by atoms with Crippen molar-refractivity contribution in [2.75, 3.05) is 0 Å². The average molecular weight is 539 g/mol. The number of benzene rings is 3. The van der Waals surface area contributed by atoms with Crippen molar-refractivity contribution in [2.45, 2.75) is 13.2 Å². The summed E-state index contributed by atoms with van der Waals surface area (Å²) in [5.41, 5.74) is 2.23. The Morgan fingerprint density at radius 1 is 0.818 bits per heavy atom. The van der Waals surface area contributed by atoms with Gasteiger partial charge in [0.1, 0.15) is 12.4 Å². The van der Waals surface area contributed by atoms with Crippen LogP contribution in [-0.2, 0) is 17.9 Å². The molecular formula is C24H15Cl4NO3S. The molecule has 0 unspecified atom stereocenters. The summed E-state index contributed by atoms with van der Waals surface area (Å²) in [5.74, 6) is 0.275. The van der Waals surface area contributed by atoms with E-state index in [1.807, 2.05) is 18.2 Å². The van der Waals surface area contributed by atoms with Crippen LogP contribution in [0.15, 0.2) is 65.6 Å². The zero-order chi connectivity index (χ0) is 23.5. The summed E-state index contributed by atoms with van der Waals surface area (Å²) in [6, 6.07) is 17.4. The van der Waals surface area contributed by atoms with Gasteiger partial charge in [-0.2, -0.15) is 0 Å². The highest BCUT2D eigenvalue weighted by Crippen LogP contribution is 2.34. The highest BCUT2D eigenvalue weighted by atomic mass is 35.5. The predicted molar refractivity (Wildman–Crippen MR) is 135 cm³/mol. The molecule has 3 aromatic rings. The van der Waals surface area contributed by atoms with Gasteiger partial charge in [0.15, 0.2) is 0 Å². The number of carbonyl (C=O) groups is 2. The van der Waals surface area contributed by atoms with Crippen molar-refractivity contribution in [3.05, 3.63) is 102 Å². The highest BCUT2D eigenvalue weighted by Gasteiger charge is 2.35. The number of ether oxygens (including phenoxy) is 1. The molecule has 9 heteroatoms. The second-order valence-electron chi connectivity index (χ2n) is 7.10. The van der Waals surface area contributed by atoms with Gasteiger partial charge < -0.3 is 4.74 Å². The van der Waals surface area contributed by atoms with E-state index in [0.29, 0.717) is 42.9 Å². The van der Waals surface area contributed by atoms with Gasteiger partial charge in [0.05, 0.1) is 11.4 Å². The molecule has 1 fully saturated rings. The van der Waals surface area contributed by atoms with Crippen LogP contribution in [0.2, 0.25) is 20.1 Å². The van der Waals surface area contributed by atoms with Crippen LogP contribution in [0.4, 0.5) is 4.79 Å². The number of halogens is 4. The second kappa shape index (κ2) is 10.4. The van der Waals surface area contributed by atoms with Crippen molar-refractivity contribution in [3.63, 3.8) is 0 Å². The Labute approximate surface area is 215 Å². The van der Waals surface area contributed by atoms with E-state index < -0.39 is 0 Å². The van der Waals surface area contributed by atoms with Crippen LogP contribution in [-0.4, -0.2) is 16.0 Å². The van der Waals surface area contributed by atoms with Gasteiger partial charge in [0.25, 0.3) is 11.1 Å². The molecular weight excluding hydrogens is 524 g/mol. The monoisotopic (exact) mass is 537 g/mol. The standard InChI is InChI=1S/C24H15Cl4NO3S/c25-17-5-3-15(20(27)10-17)12-29-23(30)22(33-24(29)31)9-14-1-7-19(8-2-14)32-13-16-4-6-18(26)11-21(16)28/h1-11H,12-13H2/b22-9+. The first-order valence-electron chi connectivity index (χ1n) is 9.66. The second-order valence-corrected chi connectivity index (χ2v) is 9.78. The number of amides is 2. The van der Waals surface area contributed by atoms with Gasteiger partial charge in [-0.15, -0.1) is 0 Å². The first-order valence-corrected chi connectivity index (χ1v) is 12.0. The van der Waals surface area contributed by atoms with Crippen LogP contribution in [0.25, 0.3) is 6.08 Å². The van der Waals surface area contributed by atoms with Crippen molar-refractivity contribution in [1.82, 2.24) is 4.90 Å². The number of rotatable bonds is 6. The molecule has 0 atom stereocenters. The number of thioether (sulfide) groups is 1. The van der Waals surface area contributed by atoms with E-state index in [1.54, 1.807) is 48.5 Å². The van der Waals surface area contributed by atoms with E-state index in [2.05, 4.69) is 0 Å². The fourth-order valence-electron chi connectivity index (χ4n) is 3.07. The van der Waals surface area contributed by atoms with Gasteiger partial charge in [0.2, 0.25) is 0 Å². The molecule has 33 heavy (non-hydrogen) atoms. The molecule has 1 heterocycles. The summed E-state index contributed by atoms with van der Waals surface area (Å²) in [6.45, 7) is 0.375. The molecule has 3 aromatic carbocycles. The Morgan fingerprint density at radius 2 is 1.42 bits per heavy atom. The third-order valence-corrected chi connectivity index (χ3v) is 6.89. The van der Waals surface area contributed by atoms with Crippen molar-refractivity contribution < 1.29 is 14.3 Å². The Balaban J connectivity index is 1.42. The molecule has 0 aliphatic carbocycles. The largest absolute Gasteiger partial charge is 0.489 e. The van der Waals surface area contributed by atoms with Gasteiger partial charge in [-0.05, 0) is 65.4 Å². The Bertz CT molecular complexity index is 1260. The Morgan fingerprint density at radius 3 is 2.03 bits per heavy atom. The molecule has 1 aliphatic rings. The third kappa shape index (κ3) is 5.86. The minimum absolute atomic E-state index is 0.0814. The molecule has 1 aliphatic heterocycles. The molecule has 2 amide bonds. The van der Waals surface area contributed by atoms with Gasteiger partial charge in [-0.25, -0.2) is 0 Å². The zero-order valence-corrected chi connectivity index (χ0v) is 20.7. The maximum absolute atomic E-state index is 12.8. The molecule has 4 rings (SSSR count). The lowest BCUT2D eigenvalue weighted by Crippen LogP contribution is -2.27. The Kier molecular flexibility index (Phi) is 7.57. The molecule has 0 N–H and O–H groups in total. The first-order chi connectivity index (χ1) is 15.8. The van der Waals surface area contributed by atoms with E-state index in [0.717, 1.165) is 22.9 Å². The molecule has 0 saturated carbocycles. The lowest BCUT2D eigenvalue weighted by Gasteiger charge is -2.13. The Hall–Kier alpha value is -2.15. The van der Waals surface area contributed by atoms with Crippen LogP contribution in [0.3, 0.4) is 0 Å². The van der Waals surface area contributed by atoms with Crippen LogP contribution in [0.5, 0.6) is 5.75 Å². The molecule has 1 saturated heterocycles. The molecule has 0 bridgehead atoms. The molecule has 0 radical (unpaired) electrons. The lowest BCUT2D eigenvalue weighted by atomic mass is 10.2. The highest BCUT2D eigenvalue weighted by molar-refractivity contribution is 8.18. The summed E-state index contributed by atoms with van der Waals surface area (Å²) in [4.78, 5) is 26.7. The van der Waals surface area contributed by atoms with E-state index in [1.165, 1.54) is 4.90 Å². The number of hydrogen-bond acceptors (Lipinski definition) is 4. The summed E-state index contributed by atoms with van der Waals surface area (Å²) >= 11 is 25.1. The van der Waals surface area contributed by atoms with Crippen molar-refractivity contribution >= 4 is 75.4 Å². The van der Waals surface area contributed by atoms with Crippen LogP contribution < -0.4 is 4.74 Å². The summed E-state index contributed by atoms with van der Waals surface area (Å²) < 4.78 is 5.77. The van der Waals surface area contributed by atoms with Crippen LogP contribution in [0.1, 0.15) is 16.7 Å².